The average molecular weight is 480 g/mol. The Hall–Kier alpha value is -4.79. The summed E-state index contributed by atoms with van der Waals surface area (Å²) in [5, 5.41) is 14.7. The summed E-state index contributed by atoms with van der Waals surface area (Å²) in [4.78, 5) is 17.4. The molecule has 178 valence electrons. The van der Waals surface area contributed by atoms with Gasteiger partial charge in [0.25, 0.3) is 0 Å². The van der Waals surface area contributed by atoms with Crippen molar-refractivity contribution >= 4 is 16.6 Å². The number of pyridine rings is 2. The molecule has 1 aliphatic rings. The summed E-state index contributed by atoms with van der Waals surface area (Å²) >= 11 is 0. The highest BCUT2D eigenvalue weighted by molar-refractivity contribution is 5.91. The second-order valence-corrected chi connectivity index (χ2v) is 8.90. The van der Waals surface area contributed by atoms with Crippen LogP contribution in [0.3, 0.4) is 0 Å². The van der Waals surface area contributed by atoms with Gasteiger partial charge in [-0.3, -0.25) is 9.67 Å². The number of nitrogens with one attached hydrogen (secondary N) is 1. The van der Waals surface area contributed by atoms with Gasteiger partial charge in [-0.2, -0.15) is 5.10 Å². The molecule has 0 atom stereocenters. The molecule has 0 aliphatic heterocycles. The summed E-state index contributed by atoms with van der Waals surface area (Å²) in [6.07, 6.45) is 7.58. The number of rotatable bonds is 3. The summed E-state index contributed by atoms with van der Waals surface area (Å²) in [6, 6.07) is 9.89. The maximum atomic E-state index is 14.1. The van der Waals surface area contributed by atoms with Crippen LogP contribution in [0.5, 0.6) is 5.75 Å². The molecule has 0 saturated heterocycles. The molecule has 6 rings (SSSR count). The number of hydrogen-bond acceptors (Lipinski definition) is 6. The minimum absolute atomic E-state index is 0.164. The molecular formula is C27H22FN7O. The molecular weight excluding hydrogens is 457 g/mol. The number of fused-ring (bicyclic) bond motifs is 2. The fourth-order valence-electron chi connectivity index (χ4n) is 4.52. The highest BCUT2D eigenvalue weighted by Gasteiger charge is 2.23. The molecule has 4 aromatic heterocycles. The number of hydrogen-bond donors (Lipinski definition) is 3. The lowest BCUT2D eigenvalue weighted by atomic mass is 10.0. The molecule has 4 N–H and O–H groups in total. The normalized spacial score (nSPS) is 13.3. The number of nitrogens with zero attached hydrogens (tertiary/aromatic N) is 5. The number of halogens is 1. The highest BCUT2D eigenvalue weighted by Crippen LogP contribution is 2.34. The van der Waals surface area contributed by atoms with Crippen molar-refractivity contribution in [1.29, 1.82) is 0 Å². The van der Waals surface area contributed by atoms with Crippen LogP contribution in [-0.2, 0) is 13.5 Å². The minimum Gasteiger partial charge on any atom is -0.508 e. The lowest BCUT2D eigenvalue weighted by Gasteiger charge is -2.07. The molecule has 0 spiro atoms. The first-order chi connectivity index (χ1) is 17.4. The van der Waals surface area contributed by atoms with E-state index in [0.29, 0.717) is 46.0 Å². The summed E-state index contributed by atoms with van der Waals surface area (Å²) < 4.78 is 15.9. The van der Waals surface area contributed by atoms with Gasteiger partial charge in [-0.1, -0.05) is 6.08 Å². The molecule has 36 heavy (non-hydrogen) atoms. The highest BCUT2D eigenvalue weighted by atomic mass is 19.1. The average Bonchev–Trinajstić information content (AvgIpc) is 3.34. The van der Waals surface area contributed by atoms with E-state index in [4.69, 9.17) is 20.8 Å². The van der Waals surface area contributed by atoms with Crippen molar-refractivity contribution in [2.24, 2.45) is 12.8 Å². The van der Waals surface area contributed by atoms with Gasteiger partial charge in [0.05, 0.1) is 16.9 Å². The van der Waals surface area contributed by atoms with E-state index in [1.807, 2.05) is 32.2 Å². The number of aryl methyl sites for hydroxylation is 2. The van der Waals surface area contributed by atoms with Gasteiger partial charge in [-0.15, -0.1) is 0 Å². The Morgan fingerprint density at radius 1 is 1.03 bits per heavy atom. The number of phenolic OH excluding ortho intramolecular Hbond substituents is 1. The van der Waals surface area contributed by atoms with Gasteiger partial charge < -0.3 is 15.8 Å². The molecule has 0 bridgehead atoms. The van der Waals surface area contributed by atoms with Crippen molar-refractivity contribution < 1.29 is 9.50 Å². The van der Waals surface area contributed by atoms with Crippen molar-refractivity contribution in [2.75, 3.05) is 0 Å². The van der Waals surface area contributed by atoms with Gasteiger partial charge in [0.2, 0.25) is 0 Å². The van der Waals surface area contributed by atoms with Crippen LogP contribution in [0, 0.1) is 12.7 Å². The van der Waals surface area contributed by atoms with Gasteiger partial charge in [0, 0.05) is 54.5 Å². The number of benzene rings is 1. The largest absolute Gasteiger partial charge is 0.508 e. The predicted octanol–water partition coefficient (Wildman–Crippen LogP) is 4.40. The predicted molar refractivity (Wildman–Crippen MR) is 135 cm³/mol. The molecule has 9 heteroatoms. The van der Waals surface area contributed by atoms with E-state index in [1.165, 1.54) is 12.1 Å². The molecule has 0 amide bonds. The Morgan fingerprint density at radius 3 is 2.69 bits per heavy atom. The first kappa shape index (κ1) is 21.7. The number of phenols is 1. The van der Waals surface area contributed by atoms with Gasteiger partial charge >= 0.3 is 0 Å². The molecule has 0 fully saturated rings. The zero-order valence-corrected chi connectivity index (χ0v) is 19.6. The Labute approximate surface area is 205 Å². The minimum atomic E-state index is -0.539. The Bertz CT molecular complexity index is 1710. The van der Waals surface area contributed by atoms with Crippen molar-refractivity contribution in [3.8, 4) is 28.5 Å². The van der Waals surface area contributed by atoms with Crippen LogP contribution in [0.25, 0.3) is 39.4 Å². The number of imidazole rings is 1. The molecule has 0 saturated carbocycles. The standard InChI is InChI=1S/C27H22FN7O/c1-14-7-16(13-30-12-14)21-5-6-23-25(31-21)26(34-35(23)2)27-32-22-11-18(29)3-4-20(24(22)33-27)15-8-17(28)10-19(36)9-15/h3-10,12-13,36H,11,29H2,1-2H3,(H,32,33). The lowest BCUT2D eigenvalue weighted by Crippen LogP contribution is -2.01. The SMILES string of the molecule is Cc1cncc(-c2ccc3c(n2)c(-c2nc4c([nH]2)CC(N)=CC=C4c2cc(O)cc(F)c2)nn3C)c1. The second kappa shape index (κ2) is 8.16. The van der Waals surface area contributed by atoms with Crippen LogP contribution in [-0.4, -0.2) is 34.8 Å². The Morgan fingerprint density at radius 2 is 1.89 bits per heavy atom. The van der Waals surface area contributed by atoms with E-state index in [-0.39, 0.29) is 5.75 Å². The monoisotopic (exact) mass is 479 g/mol. The van der Waals surface area contributed by atoms with E-state index in [9.17, 15) is 9.50 Å². The Kier molecular flexibility index (Phi) is 4.92. The van der Waals surface area contributed by atoms with E-state index in [2.05, 4.69) is 9.97 Å². The quantitative estimate of drug-likeness (QED) is 0.353. The molecule has 8 nitrogen and oxygen atoms in total. The van der Waals surface area contributed by atoms with Gasteiger partial charge in [0.15, 0.2) is 11.5 Å². The third-order valence-electron chi connectivity index (χ3n) is 6.16. The number of nitrogens with two attached hydrogens (primary N) is 1. The zero-order valence-electron chi connectivity index (χ0n) is 19.6. The number of allylic oxidation sites excluding steroid dienone is 3. The topological polar surface area (TPSA) is 119 Å². The van der Waals surface area contributed by atoms with Crippen molar-refractivity contribution in [1.82, 2.24) is 29.7 Å². The first-order valence-electron chi connectivity index (χ1n) is 11.4. The summed E-state index contributed by atoms with van der Waals surface area (Å²) in [5.41, 5.74) is 14.2. The van der Waals surface area contributed by atoms with Crippen LogP contribution in [0.4, 0.5) is 4.39 Å². The number of aromatic amines is 1. The van der Waals surface area contributed by atoms with E-state index < -0.39 is 5.82 Å². The molecule has 1 aromatic carbocycles. The van der Waals surface area contributed by atoms with Crippen LogP contribution < -0.4 is 5.73 Å². The van der Waals surface area contributed by atoms with Crippen LogP contribution in [0.1, 0.15) is 22.5 Å². The van der Waals surface area contributed by atoms with Crippen molar-refractivity contribution in [2.45, 2.75) is 13.3 Å². The van der Waals surface area contributed by atoms with E-state index >= 15 is 0 Å². The third-order valence-corrected chi connectivity index (χ3v) is 6.16. The smallest absolute Gasteiger partial charge is 0.161 e. The van der Waals surface area contributed by atoms with Crippen molar-refractivity contribution in [3.05, 3.63) is 95.0 Å². The van der Waals surface area contributed by atoms with Gasteiger partial charge in [0.1, 0.15) is 17.1 Å². The first-order valence-corrected chi connectivity index (χ1v) is 11.4. The van der Waals surface area contributed by atoms with Crippen LogP contribution in [0.2, 0.25) is 0 Å². The van der Waals surface area contributed by atoms with E-state index in [1.54, 1.807) is 29.2 Å². The third kappa shape index (κ3) is 3.70. The van der Waals surface area contributed by atoms with Crippen LogP contribution in [0.15, 0.2) is 66.6 Å². The fraction of sp³-hybridized carbons (Fsp3) is 0.111. The number of H-pyrrole nitrogens is 1. The number of aromatic hydroxyl groups is 1. The maximum Gasteiger partial charge on any atom is 0.161 e. The van der Waals surface area contributed by atoms with Crippen LogP contribution >= 0.6 is 0 Å². The van der Waals surface area contributed by atoms with E-state index in [0.717, 1.165) is 34.1 Å². The lowest BCUT2D eigenvalue weighted by molar-refractivity contribution is 0.469. The Balaban J connectivity index is 1.51. The fourth-order valence-corrected chi connectivity index (χ4v) is 4.52. The zero-order chi connectivity index (χ0) is 25.0. The molecule has 5 aromatic rings. The summed E-state index contributed by atoms with van der Waals surface area (Å²) in [7, 11) is 1.86. The maximum absolute atomic E-state index is 14.1. The molecule has 0 unspecified atom stereocenters. The van der Waals surface area contributed by atoms with Crippen molar-refractivity contribution in [3.63, 3.8) is 0 Å². The van der Waals surface area contributed by atoms with Gasteiger partial charge in [-0.25, -0.2) is 14.4 Å². The second-order valence-electron chi connectivity index (χ2n) is 8.90. The summed E-state index contributed by atoms with van der Waals surface area (Å²) in [6.45, 7) is 1.99. The number of aromatic nitrogens is 6. The molecule has 1 aliphatic carbocycles. The molecule has 0 radical (unpaired) electrons. The summed E-state index contributed by atoms with van der Waals surface area (Å²) in [5.74, 6) is -0.177. The molecule has 4 heterocycles. The van der Waals surface area contributed by atoms with Gasteiger partial charge in [-0.05, 0) is 54.5 Å².